The van der Waals surface area contributed by atoms with Crippen LogP contribution in [0.3, 0.4) is 0 Å². The summed E-state index contributed by atoms with van der Waals surface area (Å²) in [5.74, 6) is 0.828. The number of ether oxygens (including phenoxy) is 1. The maximum absolute atomic E-state index is 10.5. The van der Waals surface area contributed by atoms with Gasteiger partial charge in [0.25, 0.3) is 0 Å². The standard InChI is InChI=1S/C21H23N3O2/c1-2-26-18-9-10-19(20(25)15-18)21(17-7-4-3-5-8-17)23-11-6-13-24-14-12-22-16-24/h3-5,7-10,12,14-16,25H,2,6,11,13H2,1H3/b23-21-. The number of aromatic nitrogens is 2. The Bertz CT molecular complexity index is 843. The second-order valence-corrected chi connectivity index (χ2v) is 5.86. The maximum Gasteiger partial charge on any atom is 0.128 e. The zero-order valence-corrected chi connectivity index (χ0v) is 14.9. The monoisotopic (exact) mass is 349 g/mol. The Hall–Kier alpha value is -3.08. The zero-order chi connectivity index (χ0) is 18.2. The van der Waals surface area contributed by atoms with Crippen molar-refractivity contribution in [2.24, 2.45) is 4.99 Å². The molecule has 26 heavy (non-hydrogen) atoms. The van der Waals surface area contributed by atoms with E-state index in [4.69, 9.17) is 9.73 Å². The van der Waals surface area contributed by atoms with Crippen LogP contribution >= 0.6 is 0 Å². The molecule has 0 aliphatic carbocycles. The van der Waals surface area contributed by atoms with Gasteiger partial charge in [0.05, 0.1) is 18.6 Å². The average molecular weight is 349 g/mol. The first-order valence-corrected chi connectivity index (χ1v) is 8.79. The van der Waals surface area contributed by atoms with E-state index in [-0.39, 0.29) is 5.75 Å². The lowest BCUT2D eigenvalue weighted by molar-refractivity contribution is 0.337. The van der Waals surface area contributed by atoms with Crippen LogP contribution in [0.15, 0.2) is 72.2 Å². The number of imidazole rings is 1. The Balaban J connectivity index is 1.82. The quantitative estimate of drug-likeness (QED) is 0.495. The number of aryl methyl sites for hydroxylation is 1. The summed E-state index contributed by atoms with van der Waals surface area (Å²) in [4.78, 5) is 8.83. The van der Waals surface area contributed by atoms with Crippen LogP contribution in [-0.4, -0.2) is 33.5 Å². The number of rotatable bonds is 8. The molecule has 0 unspecified atom stereocenters. The van der Waals surface area contributed by atoms with Gasteiger partial charge in [0, 0.05) is 42.7 Å². The molecule has 0 bridgehead atoms. The molecule has 0 radical (unpaired) electrons. The first-order valence-electron chi connectivity index (χ1n) is 8.79. The molecule has 5 heteroatoms. The van der Waals surface area contributed by atoms with Crippen LogP contribution in [-0.2, 0) is 6.54 Å². The number of nitrogens with zero attached hydrogens (tertiary/aromatic N) is 3. The van der Waals surface area contributed by atoms with E-state index < -0.39 is 0 Å². The third kappa shape index (κ3) is 4.51. The highest BCUT2D eigenvalue weighted by molar-refractivity contribution is 6.14. The van der Waals surface area contributed by atoms with E-state index in [2.05, 4.69) is 4.98 Å². The van der Waals surface area contributed by atoms with Gasteiger partial charge in [0.1, 0.15) is 11.5 Å². The van der Waals surface area contributed by atoms with Crippen molar-refractivity contribution in [3.8, 4) is 11.5 Å². The van der Waals surface area contributed by atoms with Gasteiger partial charge in [-0.05, 0) is 25.5 Å². The number of phenols is 1. The maximum atomic E-state index is 10.5. The van der Waals surface area contributed by atoms with E-state index in [9.17, 15) is 5.11 Å². The highest BCUT2D eigenvalue weighted by Gasteiger charge is 2.12. The molecule has 3 aromatic rings. The smallest absolute Gasteiger partial charge is 0.128 e. The molecule has 1 heterocycles. The first-order chi connectivity index (χ1) is 12.8. The minimum atomic E-state index is 0.174. The van der Waals surface area contributed by atoms with Crippen LogP contribution in [0.5, 0.6) is 11.5 Å². The predicted molar refractivity (Wildman–Crippen MR) is 103 cm³/mol. The van der Waals surface area contributed by atoms with E-state index in [0.717, 1.165) is 24.2 Å². The molecule has 0 aliphatic rings. The third-order valence-electron chi connectivity index (χ3n) is 3.99. The number of hydrogen-bond donors (Lipinski definition) is 1. The van der Waals surface area contributed by atoms with E-state index in [1.54, 1.807) is 18.6 Å². The summed E-state index contributed by atoms with van der Waals surface area (Å²) in [6.07, 6.45) is 6.42. The summed E-state index contributed by atoms with van der Waals surface area (Å²) in [5.41, 5.74) is 2.48. The summed E-state index contributed by atoms with van der Waals surface area (Å²) < 4.78 is 7.49. The van der Waals surface area contributed by atoms with Gasteiger partial charge in [-0.15, -0.1) is 0 Å². The molecule has 0 saturated heterocycles. The number of benzene rings is 2. The van der Waals surface area contributed by atoms with Crippen molar-refractivity contribution in [2.45, 2.75) is 19.9 Å². The highest BCUT2D eigenvalue weighted by atomic mass is 16.5. The van der Waals surface area contributed by atoms with Crippen molar-refractivity contribution in [2.75, 3.05) is 13.2 Å². The van der Waals surface area contributed by atoms with Crippen LogP contribution < -0.4 is 4.74 Å². The molecule has 0 saturated carbocycles. The Labute approximate surface area is 153 Å². The van der Waals surface area contributed by atoms with Crippen molar-refractivity contribution in [3.05, 3.63) is 78.4 Å². The van der Waals surface area contributed by atoms with Crippen LogP contribution in [0, 0.1) is 0 Å². The molecule has 1 N–H and O–H groups in total. The van der Waals surface area contributed by atoms with E-state index in [0.29, 0.717) is 24.5 Å². The van der Waals surface area contributed by atoms with E-state index in [1.165, 1.54) is 0 Å². The lowest BCUT2D eigenvalue weighted by atomic mass is 10.0. The Morgan fingerprint density at radius 2 is 2.04 bits per heavy atom. The summed E-state index contributed by atoms with van der Waals surface area (Å²) >= 11 is 0. The molecular formula is C21H23N3O2. The fourth-order valence-corrected chi connectivity index (χ4v) is 2.76. The molecule has 0 atom stereocenters. The summed E-state index contributed by atoms with van der Waals surface area (Å²) in [6, 6.07) is 15.3. The lowest BCUT2D eigenvalue weighted by Crippen LogP contribution is -2.06. The Morgan fingerprint density at radius 1 is 1.19 bits per heavy atom. The largest absolute Gasteiger partial charge is 0.507 e. The SMILES string of the molecule is CCOc1ccc(/C(=N\CCCn2ccnc2)c2ccccc2)c(O)c1. The summed E-state index contributed by atoms with van der Waals surface area (Å²) in [7, 11) is 0. The summed E-state index contributed by atoms with van der Waals surface area (Å²) in [6.45, 7) is 4.00. The van der Waals surface area contributed by atoms with Gasteiger partial charge in [0.15, 0.2) is 0 Å². The normalized spacial score (nSPS) is 11.5. The first kappa shape index (κ1) is 17.7. The van der Waals surface area contributed by atoms with Gasteiger partial charge in [0.2, 0.25) is 0 Å². The van der Waals surface area contributed by atoms with Gasteiger partial charge in [-0.2, -0.15) is 0 Å². The van der Waals surface area contributed by atoms with Crippen molar-refractivity contribution < 1.29 is 9.84 Å². The van der Waals surface area contributed by atoms with E-state index >= 15 is 0 Å². The Morgan fingerprint density at radius 3 is 2.73 bits per heavy atom. The molecule has 134 valence electrons. The molecule has 0 aliphatic heterocycles. The van der Waals surface area contributed by atoms with Crippen LogP contribution in [0.25, 0.3) is 0 Å². The number of aromatic hydroxyl groups is 1. The molecule has 0 spiro atoms. The number of phenolic OH excluding ortho intramolecular Hbond substituents is 1. The minimum absolute atomic E-state index is 0.174. The molecule has 0 amide bonds. The predicted octanol–water partition coefficient (Wildman–Crippen LogP) is 3.92. The average Bonchev–Trinajstić information content (AvgIpc) is 3.17. The van der Waals surface area contributed by atoms with Gasteiger partial charge < -0.3 is 14.4 Å². The van der Waals surface area contributed by atoms with Crippen molar-refractivity contribution in [3.63, 3.8) is 0 Å². The molecular weight excluding hydrogens is 326 g/mol. The van der Waals surface area contributed by atoms with Crippen molar-refractivity contribution >= 4 is 5.71 Å². The van der Waals surface area contributed by atoms with Crippen molar-refractivity contribution in [1.82, 2.24) is 9.55 Å². The van der Waals surface area contributed by atoms with Crippen LogP contribution in [0.1, 0.15) is 24.5 Å². The zero-order valence-electron chi connectivity index (χ0n) is 14.9. The van der Waals surface area contributed by atoms with Crippen LogP contribution in [0.4, 0.5) is 0 Å². The number of hydrogen-bond acceptors (Lipinski definition) is 4. The molecule has 0 fully saturated rings. The fraction of sp³-hybridized carbons (Fsp3) is 0.238. The fourth-order valence-electron chi connectivity index (χ4n) is 2.76. The third-order valence-corrected chi connectivity index (χ3v) is 3.99. The minimum Gasteiger partial charge on any atom is -0.507 e. The molecule has 1 aromatic heterocycles. The van der Waals surface area contributed by atoms with Gasteiger partial charge in [-0.25, -0.2) is 4.98 Å². The van der Waals surface area contributed by atoms with Gasteiger partial charge in [-0.1, -0.05) is 30.3 Å². The molecule has 5 nitrogen and oxygen atoms in total. The highest BCUT2D eigenvalue weighted by Crippen LogP contribution is 2.26. The van der Waals surface area contributed by atoms with Gasteiger partial charge in [-0.3, -0.25) is 4.99 Å². The topological polar surface area (TPSA) is 59.6 Å². The molecule has 2 aromatic carbocycles. The van der Waals surface area contributed by atoms with Crippen molar-refractivity contribution in [1.29, 1.82) is 0 Å². The van der Waals surface area contributed by atoms with E-state index in [1.807, 2.05) is 60.2 Å². The van der Waals surface area contributed by atoms with Crippen LogP contribution in [0.2, 0.25) is 0 Å². The lowest BCUT2D eigenvalue weighted by Gasteiger charge is -2.11. The Kier molecular flexibility index (Phi) is 6.04. The number of aliphatic imine (C=N–C) groups is 1. The molecule has 3 rings (SSSR count). The second-order valence-electron chi connectivity index (χ2n) is 5.86. The summed E-state index contributed by atoms with van der Waals surface area (Å²) in [5, 5.41) is 10.5. The second kappa shape index (κ2) is 8.85. The van der Waals surface area contributed by atoms with Gasteiger partial charge >= 0.3 is 0 Å².